The summed E-state index contributed by atoms with van der Waals surface area (Å²) in [5.41, 5.74) is 19.3. The van der Waals surface area contributed by atoms with Gasteiger partial charge in [-0.1, -0.05) is 133 Å². The molecule has 0 bridgehead atoms. The van der Waals surface area contributed by atoms with Crippen molar-refractivity contribution in [2.45, 2.75) is 13.8 Å². The topological polar surface area (TPSA) is 8.17 Å². The minimum atomic E-state index is -0.0330. The van der Waals surface area contributed by atoms with Gasteiger partial charge in [0.25, 0.3) is 0 Å². The molecule has 2 aromatic heterocycles. The highest BCUT2D eigenvalue weighted by molar-refractivity contribution is 7.26. The minimum Gasteiger partial charge on any atom is -0.376 e. The zero-order valence-electron chi connectivity index (χ0n) is 30.0. The molecule has 8 aromatic carbocycles. The molecule has 2 nitrogen and oxygen atoms in total. The molecule has 0 spiro atoms. The van der Waals surface area contributed by atoms with E-state index in [1.807, 2.05) is 11.3 Å². The summed E-state index contributed by atoms with van der Waals surface area (Å²) in [6.45, 7) is 4.48. The van der Waals surface area contributed by atoms with Gasteiger partial charge in [-0.3, -0.25) is 0 Å². The summed E-state index contributed by atoms with van der Waals surface area (Å²) in [7, 11) is 0. The summed E-state index contributed by atoms with van der Waals surface area (Å²) < 4.78 is 5.32. The van der Waals surface area contributed by atoms with Gasteiger partial charge in [-0.2, -0.15) is 0 Å². The first-order valence-corrected chi connectivity index (χ1v) is 19.6. The van der Waals surface area contributed by atoms with Crippen LogP contribution in [-0.4, -0.2) is 11.4 Å². The van der Waals surface area contributed by atoms with Gasteiger partial charge < -0.3 is 9.38 Å². The Labute approximate surface area is 318 Å². The summed E-state index contributed by atoms with van der Waals surface area (Å²) in [5.74, 6) is 0. The van der Waals surface area contributed by atoms with Gasteiger partial charge in [0.2, 0.25) is 0 Å². The van der Waals surface area contributed by atoms with E-state index in [0.717, 1.165) is 0 Å². The largest absolute Gasteiger partial charge is 0.376 e. The van der Waals surface area contributed by atoms with E-state index in [1.54, 1.807) is 0 Å². The number of benzene rings is 8. The molecule has 252 valence electrons. The Morgan fingerprint density at radius 3 is 2.06 bits per heavy atom. The first kappa shape index (κ1) is 30.1. The predicted octanol–water partition coefficient (Wildman–Crippen LogP) is 12.3. The number of hydrogen-bond donors (Lipinski definition) is 0. The Bertz CT molecular complexity index is 3170. The SMILES string of the molecule is Cc1cccc(C)c1-c1cc2c3c(c1)-n1c4c(cccc4c4sc5ccccc5c41)B3N(c1ccc(-c3ccccc3)cc1)c1c-2ccc2ccccc12. The molecular weight excluding hydrogens is 671 g/mol. The fourth-order valence-electron chi connectivity index (χ4n) is 9.76. The molecule has 2 aliphatic heterocycles. The average Bonchev–Trinajstić information content (AvgIpc) is 3.75. The Morgan fingerprint density at radius 1 is 0.519 bits per heavy atom. The van der Waals surface area contributed by atoms with Gasteiger partial charge in [0, 0.05) is 43.5 Å². The van der Waals surface area contributed by atoms with Gasteiger partial charge in [-0.05, 0) is 99.4 Å². The number of rotatable bonds is 3. The molecule has 0 radical (unpaired) electrons. The van der Waals surface area contributed by atoms with E-state index in [0.29, 0.717) is 0 Å². The number of hydrogen-bond acceptors (Lipinski definition) is 2. The number of aryl methyl sites for hydroxylation is 2. The lowest BCUT2D eigenvalue weighted by atomic mass is 9.43. The Kier molecular flexibility index (Phi) is 6.19. The van der Waals surface area contributed by atoms with Gasteiger partial charge in [-0.25, -0.2) is 0 Å². The molecule has 0 amide bonds. The molecule has 54 heavy (non-hydrogen) atoms. The lowest BCUT2D eigenvalue weighted by Gasteiger charge is -2.43. The van der Waals surface area contributed by atoms with E-state index in [-0.39, 0.29) is 6.85 Å². The lowest BCUT2D eigenvalue weighted by Crippen LogP contribution is -2.60. The van der Waals surface area contributed by atoms with E-state index < -0.39 is 0 Å². The summed E-state index contributed by atoms with van der Waals surface area (Å²) >= 11 is 1.92. The molecule has 4 heteroatoms. The van der Waals surface area contributed by atoms with Crippen molar-refractivity contribution in [2.24, 2.45) is 0 Å². The zero-order chi connectivity index (χ0) is 35.7. The monoisotopic (exact) mass is 704 g/mol. The van der Waals surface area contributed by atoms with Crippen molar-refractivity contribution in [2.75, 3.05) is 4.81 Å². The molecule has 0 saturated carbocycles. The number of aromatic nitrogens is 1. The first-order valence-electron chi connectivity index (χ1n) is 18.8. The highest BCUT2D eigenvalue weighted by Crippen LogP contribution is 2.50. The first-order chi connectivity index (χ1) is 26.6. The van der Waals surface area contributed by atoms with Gasteiger partial charge >= 0.3 is 6.85 Å². The van der Waals surface area contributed by atoms with Gasteiger partial charge in [-0.15, -0.1) is 11.3 Å². The highest BCUT2D eigenvalue weighted by Gasteiger charge is 2.45. The van der Waals surface area contributed by atoms with Gasteiger partial charge in [0.1, 0.15) is 0 Å². The maximum absolute atomic E-state index is 2.66. The van der Waals surface area contributed by atoms with Crippen molar-refractivity contribution < 1.29 is 0 Å². The van der Waals surface area contributed by atoms with Crippen LogP contribution in [0.3, 0.4) is 0 Å². The number of nitrogens with zero attached hydrogens (tertiary/aromatic N) is 2. The summed E-state index contributed by atoms with van der Waals surface area (Å²) in [6.07, 6.45) is 0. The molecule has 0 unspecified atom stereocenters. The van der Waals surface area contributed by atoms with Crippen molar-refractivity contribution in [1.82, 2.24) is 4.57 Å². The molecule has 0 N–H and O–H groups in total. The van der Waals surface area contributed by atoms with Crippen molar-refractivity contribution >= 4 is 82.5 Å². The molecule has 0 fully saturated rings. The predicted molar refractivity (Wildman–Crippen MR) is 233 cm³/mol. The van der Waals surface area contributed by atoms with Crippen LogP contribution >= 0.6 is 11.3 Å². The van der Waals surface area contributed by atoms with Crippen LogP contribution in [0.2, 0.25) is 0 Å². The molecule has 10 aromatic rings. The Hall–Kier alpha value is -6.36. The highest BCUT2D eigenvalue weighted by atomic mass is 32.1. The molecule has 2 aliphatic rings. The molecule has 0 saturated heterocycles. The second-order valence-electron chi connectivity index (χ2n) is 14.9. The van der Waals surface area contributed by atoms with E-state index in [2.05, 4.69) is 187 Å². The van der Waals surface area contributed by atoms with Gasteiger partial charge in [0.05, 0.1) is 15.7 Å². The standard InChI is InChI=1S/C50H33BN2S/c1-30-12-10-13-31(2)45(30)35-28-41-38-27-24-34-16-6-7-17-37(34)47(38)53(36-25-22-33(23-26-36)32-14-4-3-5-15-32)51-42-20-11-19-40-48(42)52(43(29-35)46(41)51)49-39-18-8-9-21-44(39)54-50(40)49/h3-29H,1-2H3. The molecule has 0 aliphatic carbocycles. The summed E-state index contributed by atoms with van der Waals surface area (Å²) in [4.78, 5) is 2.66. The van der Waals surface area contributed by atoms with Crippen LogP contribution in [0.25, 0.3) is 81.0 Å². The van der Waals surface area contributed by atoms with Crippen LogP contribution < -0.4 is 15.7 Å². The summed E-state index contributed by atoms with van der Waals surface area (Å²) in [6, 6.07) is 61.3. The quantitative estimate of drug-likeness (QED) is 0.166. The number of fused-ring (bicyclic) bond motifs is 11. The van der Waals surface area contributed by atoms with Crippen molar-refractivity contribution in [1.29, 1.82) is 0 Å². The zero-order valence-corrected chi connectivity index (χ0v) is 30.8. The molecule has 4 heterocycles. The maximum atomic E-state index is 2.66. The average molecular weight is 705 g/mol. The number of anilines is 2. The maximum Gasteiger partial charge on any atom is 0.333 e. The lowest BCUT2D eigenvalue weighted by molar-refractivity contribution is 1.19. The van der Waals surface area contributed by atoms with E-state index in [9.17, 15) is 0 Å². The number of para-hydroxylation sites is 1. The van der Waals surface area contributed by atoms with E-state index in [1.165, 1.54) is 114 Å². The van der Waals surface area contributed by atoms with Crippen LogP contribution in [0.1, 0.15) is 11.1 Å². The summed E-state index contributed by atoms with van der Waals surface area (Å²) in [5, 5.41) is 5.17. The van der Waals surface area contributed by atoms with Crippen molar-refractivity contribution in [3.8, 4) is 39.1 Å². The molecule has 0 atom stereocenters. The van der Waals surface area contributed by atoms with Crippen LogP contribution in [0.4, 0.5) is 11.4 Å². The smallest absolute Gasteiger partial charge is 0.333 e. The van der Waals surface area contributed by atoms with Crippen LogP contribution in [0, 0.1) is 13.8 Å². The Balaban J connectivity index is 1.25. The fraction of sp³-hybridized carbons (Fsp3) is 0.0400. The second-order valence-corrected chi connectivity index (χ2v) is 16.0. The third kappa shape index (κ3) is 4.01. The van der Waals surface area contributed by atoms with Crippen molar-refractivity contribution in [3.63, 3.8) is 0 Å². The van der Waals surface area contributed by atoms with E-state index in [4.69, 9.17) is 0 Å². The fourth-order valence-corrected chi connectivity index (χ4v) is 11.0. The third-order valence-electron chi connectivity index (χ3n) is 12.0. The third-order valence-corrected chi connectivity index (χ3v) is 13.2. The van der Waals surface area contributed by atoms with Crippen LogP contribution in [-0.2, 0) is 0 Å². The molecule has 12 rings (SSSR count). The minimum absolute atomic E-state index is 0.0330. The number of thiophene rings is 1. The second kappa shape index (κ2) is 11.1. The Morgan fingerprint density at radius 2 is 1.22 bits per heavy atom. The van der Waals surface area contributed by atoms with Crippen LogP contribution in [0.15, 0.2) is 164 Å². The van der Waals surface area contributed by atoms with Crippen molar-refractivity contribution in [3.05, 3.63) is 175 Å². The molecular formula is C50H33BN2S. The van der Waals surface area contributed by atoms with Gasteiger partial charge in [0.15, 0.2) is 0 Å². The normalized spacial score (nSPS) is 12.9. The van der Waals surface area contributed by atoms with E-state index >= 15 is 0 Å². The van der Waals surface area contributed by atoms with Crippen LogP contribution in [0.5, 0.6) is 0 Å².